The van der Waals surface area contributed by atoms with Crippen molar-refractivity contribution in [3.63, 3.8) is 0 Å². The van der Waals surface area contributed by atoms with E-state index in [1.54, 1.807) is 0 Å². The van der Waals surface area contributed by atoms with Crippen molar-refractivity contribution in [2.45, 2.75) is 67.9 Å². The molecule has 120 valence electrons. The molecule has 0 nitrogen and oxygen atoms in total. The molecule has 0 spiro atoms. The summed E-state index contributed by atoms with van der Waals surface area (Å²) >= 11 is -2.46. The third-order valence-corrected chi connectivity index (χ3v) is 20.3. The number of rotatable bonds is 8. The monoisotopic (exact) mass is 452 g/mol. The number of hydrogen-bond donors (Lipinski definition) is 0. The summed E-state index contributed by atoms with van der Waals surface area (Å²) in [6.45, 7) is 4.64. The van der Waals surface area contributed by atoms with Gasteiger partial charge in [0, 0.05) is 26.2 Å². The van der Waals surface area contributed by atoms with Gasteiger partial charge in [0.1, 0.15) is 0 Å². The van der Waals surface area contributed by atoms with Gasteiger partial charge in [-0.25, -0.2) is 0 Å². The van der Waals surface area contributed by atoms with E-state index < -0.39 is 20.3 Å². The van der Waals surface area contributed by atoms with Crippen LogP contribution in [0.1, 0.15) is 52.4 Å². The van der Waals surface area contributed by atoms with Gasteiger partial charge >= 0.3 is 137 Å². The molecular weight excluding hydrogens is 423 g/mol. The second-order valence-electron chi connectivity index (χ2n) is 7.35. The van der Waals surface area contributed by atoms with Crippen molar-refractivity contribution in [2.75, 3.05) is 0 Å². The van der Waals surface area contributed by atoms with Gasteiger partial charge in [-0.1, -0.05) is 0 Å². The molecule has 22 heavy (non-hydrogen) atoms. The maximum absolute atomic E-state index is 2.69. The molecule has 0 saturated carbocycles. The largest absolute Gasteiger partial charge is 0 e. The minimum Gasteiger partial charge on any atom is 0 e. The zero-order valence-electron chi connectivity index (χ0n) is 14.9. The molecule has 0 amide bonds. The Morgan fingerprint density at radius 3 is 1.27 bits per heavy atom. The number of allylic oxidation sites excluding steroid dienone is 8. The first-order valence-electron chi connectivity index (χ1n) is 8.78. The summed E-state index contributed by atoms with van der Waals surface area (Å²) in [5.41, 5.74) is 0. The fraction of sp³-hybridized carbons (Fsp3) is 0.600. The SMILES string of the molecule is CCCC[C]1([Zr]([CH3])([CH3])[C]2(CCCC)C=CC=C2)C=CC=C1.[Zr]. The van der Waals surface area contributed by atoms with Crippen LogP contribution in [0.15, 0.2) is 48.6 Å². The first-order chi connectivity index (χ1) is 10.0. The van der Waals surface area contributed by atoms with Gasteiger partial charge in [0.05, 0.1) is 0 Å². The van der Waals surface area contributed by atoms with E-state index in [0.29, 0.717) is 6.25 Å². The normalized spacial score (nSPS) is 20.5. The minimum atomic E-state index is -2.46. The van der Waals surface area contributed by atoms with Gasteiger partial charge in [0.15, 0.2) is 0 Å². The van der Waals surface area contributed by atoms with Crippen LogP contribution in [0.5, 0.6) is 0 Å². The Morgan fingerprint density at radius 2 is 1.00 bits per heavy atom. The van der Waals surface area contributed by atoms with Gasteiger partial charge in [-0.3, -0.25) is 0 Å². The fourth-order valence-electron chi connectivity index (χ4n) is 4.18. The summed E-state index contributed by atoms with van der Waals surface area (Å²) in [6, 6.07) is 0. The predicted molar refractivity (Wildman–Crippen MR) is 92.7 cm³/mol. The third-order valence-electron chi connectivity index (χ3n) is 6.01. The van der Waals surface area contributed by atoms with E-state index in [0.717, 1.165) is 0 Å². The molecule has 0 aromatic rings. The van der Waals surface area contributed by atoms with Crippen molar-refractivity contribution in [1.82, 2.24) is 0 Å². The molecule has 0 bridgehead atoms. The van der Waals surface area contributed by atoms with Crippen LogP contribution in [0.25, 0.3) is 0 Å². The van der Waals surface area contributed by atoms with E-state index in [4.69, 9.17) is 0 Å². The molecule has 2 rings (SSSR count). The molecule has 0 saturated heterocycles. The molecule has 2 heteroatoms. The van der Waals surface area contributed by atoms with Crippen LogP contribution >= 0.6 is 0 Å². The first kappa shape index (κ1) is 20.8. The average molecular weight is 455 g/mol. The van der Waals surface area contributed by atoms with Gasteiger partial charge in [-0.15, -0.1) is 0 Å². The van der Waals surface area contributed by atoms with Gasteiger partial charge in [0.2, 0.25) is 0 Å². The van der Waals surface area contributed by atoms with Crippen LogP contribution in [0.4, 0.5) is 0 Å². The minimum absolute atomic E-state index is 0. The van der Waals surface area contributed by atoms with E-state index in [-0.39, 0.29) is 26.2 Å². The van der Waals surface area contributed by atoms with E-state index in [2.05, 4.69) is 71.7 Å². The quantitative estimate of drug-likeness (QED) is 0.364. The standard InChI is InChI=1S/2C9H13.2CH3.2Zr/c2*1-2-3-6-9-7-4-5-8-9;;;;/h2*4-5,7-8H,2-3,6H2,1H3;2*1H3;;. The molecule has 0 unspecified atom stereocenters. The molecule has 0 fully saturated rings. The van der Waals surface area contributed by atoms with E-state index in [1.165, 1.54) is 38.5 Å². The number of unbranched alkanes of at least 4 members (excludes halogenated alkanes) is 2. The Labute approximate surface area is 161 Å². The van der Waals surface area contributed by atoms with Crippen molar-refractivity contribution in [3.05, 3.63) is 48.6 Å². The average Bonchev–Trinajstić information content (AvgIpc) is 3.14. The predicted octanol–water partition coefficient (Wildman–Crippen LogP) is 7.18. The second kappa shape index (κ2) is 8.71. The Balaban J connectivity index is 0.00000242. The molecule has 0 heterocycles. The van der Waals surface area contributed by atoms with E-state index in [1.807, 2.05) is 0 Å². The second-order valence-corrected chi connectivity index (χ2v) is 19.9. The van der Waals surface area contributed by atoms with Gasteiger partial charge in [0.25, 0.3) is 0 Å². The summed E-state index contributed by atoms with van der Waals surface area (Å²) in [6.07, 6.45) is 27.5. The zero-order valence-corrected chi connectivity index (χ0v) is 19.8. The molecule has 0 atom stereocenters. The smallest absolute Gasteiger partial charge is 0 e. The molecule has 2 aliphatic rings. The summed E-state index contributed by atoms with van der Waals surface area (Å²) in [7, 11) is 0. The van der Waals surface area contributed by atoms with Crippen molar-refractivity contribution in [1.29, 1.82) is 0 Å². The van der Waals surface area contributed by atoms with Crippen molar-refractivity contribution in [3.8, 4) is 0 Å². The third kappa shape index (κ3) is 3.69. The van der Waals surface area contributed by atoms with Crippen LogP contribution in [-0.2, 0) is 46.5 Å². The first-order valence-corrected chi connectivity index (χ1v) is 16.2. The van der Waals surface area contributed by atoms with Crippen LogP contribution < -0.4 is 0 Å². The Bertz CT molecular complexity index is 400. The van der Waals surface area contributed by atoms with Crippen LogP contribution in [0, 0.1) is 0 Å². The maximum Gasteiger partial charge on any atom is 0 e. The molecule has 0 aromatic heterocycles. The Kier molecular flexibility index (Phi) is 8.23. The maximum atomic E-state index is 2.69. The van der Waals surface area contributed by atoms with Crippen LogP contribution in [-0.4, -0.2) is 0 Å². The van der Waals surface area contributed by atoms with Gasteiger partial charge < -0.3 is 0 Å². The Morgan fingerprint density at radius 1 is 0.682 bits per heavy atom. The molecule has 2 aliphatic carbocycles. The molecule has 0 N–H and O–H groups in total. The van der Waals surface area contributed by atoms with Crippen molar-refractivity contribution < 1.29 is 46.5 Å². The van der Waals surface area contributed by atoms with Crippen LogP contribution in [0.3, 0.4) is 0 Å². The zero-order chi connectivity index (χ0) is 15.4. The van der Waals surface area contributed by atoms with E-state index >= 15 is 0 Å². The van der Waals surface area contributed by atoms with Crippen LogP contribution in [0.2, 0.25) is 15.5 Å². The topological polar surface area (TPSA) is 0 Å². The number of hydrogen-bond acceptors (Lipinski definition) is 0. The molecule has 0 aliphatic heterocycles. The van der Waals surface area contributed by atoms with Gasteiger partial charge in [-0.2, -0.15) is 0 Å². The fourth-order valence-corrected chi connectivity index (χ4v) is 15.3. The Hall–Kier alpha value is 0.726. The van der Waals surface area contributed by atoms with E-state index in [9.17, 15) is 0 Å². The summed E-state index contributed by atoms with van der Waals surface area (Å²) in [4.78, 5) is 0. The van der Waals surface area contributed by atoms with Crippen molar-refractivity contribution in [2.24, 2.45) is 0 Å². The summed E-state index contributed by atoms with van der Waals surface area (Å²) in [5.74, 6) is 0. The molecule has 0 radical (unpaired) electrons. The van der Waals surface area contributed by atoms with Crippen molar-refractivity contribution >= 4 is 0 Å². The van der Waals surface area contributed by atoms with Gasteiger partial charge in [-0.05, 0) is 0 Å². The summed E-state index contributed by atoms with van der Waals surface area (Å²) in [5, 5.41) is 0. The molecule has 0 aromatic carbocycles. The summed E-state index contributed by atoms with van der Waals surface area (Å²) < 4.78 is 6.22. The molecular formula is C20H32Zr2.